The number of fused-ring (bicyclic) bond motifs is 1. The molecule has 0 spiro atoms. The van der Waals surface area contributed by atoms with Crippen LogP contribution in [0.5, 0.6) is 0 Å². The molecule has 0 bridgehead atoms. The number of hydrogen-bond donors (Lipinski definition) is 4. The lowest BCUT2D eigenvalue weighted by Gasteiger charge is -2.12. The monoisotopic (exact) mass is 560 g/mol. The molecule has 41 heavy (non-hydrogen) atoms. The average Bonchev–Trinajstić information content (AvgIpc) is 3.40. The molecule has 1 aromatic heterocycles. The van der Waals surface area contributed by atoms with Crippen LogP contribution in [0.1, 0.15) is 21.5 Å². The molecule has 0 fully saturated rings. The smallest absolute Gasteiger partial charge is 0.272 e. The summed E-state index contributed by atoms with van der Waals surface area (Å²) < 4.78 is 0. The van der Waals surface area contributed by atoms with E-state index in [-0.39, 0.29) is 23.3 Å². The SMILES string of the molecule is Cc1ccc(NC(=O)CSc2ccc(NC(=O)/C(=C\c3c[nH]c4ccccc34)NC(=O)c3ccccc3)cc2)cc1. The number of aromatic amines is 1. The largest absolute Gasteiger partial charge is 0.361 e. The standard InChI is InChI=1S/C33H28N4O3S/c1-22-11-13-25(14-12-22)35-31(38)21-41-27-17-15-26(16-18-27)36-33(40)30(37-32(39)23-7-3-2-4-8-23)19-24-20-34-29-10-6-5-9-28(24)29/h2-20,34H,21H2,1H3,(H,35,38)(H,36,40)(H,37,39)/b30-19+. The van der Waals surface area contributed by atoms with Crippen molar-refractivity contribution in [3.8, 4) is 0 Å². The van der Waals surface area contributed by atoms with Gasteiger partial charge in [0.25, 0.3) is 11.8 Å². The summed E-state index contributed by atoms with van der Waals surface area (Å²) in [5.74, 6) is -0.694. The Bertz CT molecular complexity index is 1710. The van der Waals surface area contributed by atoms with E-state index in [1.807, 2.05) is 73.7 Å². The molecule has 5 rings (SSSR count). The van der Waals surface area contributed by atoms with E-state index in [4.69, 9.17) is 0 Å². The number of nitrogens with one attached hydrogen (secondary N) is 4. The number of H-pyrrole nitrogens is 1. The van der Waals surface area contributed by atoms with Gasteiger partial charge in [-0.05, 0) is 67.6 Å². The van der Waals surface area contributed by atoms with Gasteiger partial charge in [0.1, 0.15) is 5.70 Å². The minimum atomic E-state index is -0.461. The van der Waals surface area contributed by atoms with Crippen molar-refractivity contribution in [2.45, 2.75) is 11.8 Å². The summed E-state index contributed by atoms with van der Waals surface area (Å²) in [5.41, 5.74) is 4.69. The third-order valence-corrected chi connectivity index (χ3v) is 7.28. The average molecular weight is 561 g/mol. The van der Waals surface area contributed by atoms with E-state index in [0.29, 0.717) is 11.3 Å². The Morgan fingerprint density at radius 3 is 2.20 bits per heavy atom. The molecule has 4 N–H and O–H groups in total. The Labute approximate surface area is 242 Å². The molecule has 7 nitrogen and oxygen atoms in total. The summed E-state index contributed by atoms with van der Waals surface area (Å²) >= 11 is 1.40. The summed E-state index contributed by atoms with van der Waals surface area (Å²) in [6.07, 6.45) is 3.46. The van der Waals surface area contributed by atoms with Crippen molar-refractivity contribution in [1.29, 1.82) is 0 Å². The third kappa shape index (κ3) is 7.32. The first kappa shape index (κ1) is 27.5. The van der Waals surface area contributed by atoms with Gasteiger partial charge in [0.15, 0.2) is 0 Å². The van der Waals surface area contributed by atoms with Gasteiger partial charge in [-0.2, -0.15) is 0 Å². The van der Waals surface area contributed by atoms with E-state index in [1.165, 1.54) is 11.8 Å². The van der Waals surface area contributed by atoms with Gasteiger partial charge in [-0.25, -0.2) is 0 Å². The highest BCUT2D eigenvalue weighted by Gasteiger charge is 2.16. The second-order valence-corrected chi connectivity index (χ2v) is 10.4. The predicted octanol–water partition coefficient (Wildman–Crippen LogP) is 6.62. The maximum atomic E-state index is 13.4. The fourth-order valence-corrected chi connectivity index (χ4v) is 4.83. The summed E-state index contributed by atoms with van der Waals surface area (Å²) in [6.45, 7) is 2.00. The van der Waals surface area contributed by atoms with Crippen LogP contribution in [-0.2, 0) is 9.59 Å². The Hall–Kier alpha value is -5.08. The van der Waals surface area contributed by atoms with E-state index < -0.39 is 5.91 Å². The topological polar surface area (TPSA) is 103 Å². The number of thioether (sulfide) groups is 1. The molecule has 1 heterocycles. The van der Waals surface area contributed by atoms with Crippen LogP contribution in [0.3, 0.4) is 0 Å². The number of hydrogen-bond acceptors (Lipinski definition) is 4. The summed E-state index contributed by atoms with van der Waals surface area (Å²) in [4.78, 5) is 42.7. The Balaban J connectivity index is 1.26. The molecule has 0 aliphatic heterocycles. The van der Waals surface area contributed by atoms with Gasteiger partial charge in [0.05, 0.1) is 5.75 Å². The van der Waals surface area contributed by atoms with E-state index in [0.717, 1.165) is 32.6 Å². The number of para-hydroxylation sites is 1. The zero-order valence-electron chi connectivity index (χ0n) is 22.3. The molecule has 0 atom stereocenters. The van der Waals surface area contributed by atoms with Crippen molar-refractivity contribution in [3.05, 3.63) is 132 Å². The van der Waals surface area contributed by atoms with Crippen molar-refractivity contribution in [2.75, 3.05) is 16.4 Å². The minimum absolute atomic E-state index is 0.0996. The number of aromatic nitrogens is 1. The van der Waals surface area contributed by atoms with Crippen LogP contribution < -0.4 is 16.0 Å². The number of carbonyl (C=O) groups excluding carboxylic acids is 3. The summed E-state index contributed by atoms with van der Waals surface area (Å²) in [5, 5.41) is 9.46. The lowest BCUT2D eigenvalue weighted by atomic mass is 10.1. The van der Waals surface area contributed by atoms with Crippen molar-refractivity contribution in [2.24, 2.45) is 0 Å². The fraction of sp³-hybridized carbons (Fsp3) is 0.0606. The van der Waals surface area contributed by atoms with Crippen LogP contribution in [0.25, 0.3) is 17.0 Å². The highest BCUT2D eigenvalue weighted by atomic mass is 32.2. The van der Waals surface area contributed by atoms with Gasteiger partial charge in [0, 0.05) is 44.5 Å². The van der Waals surface area contributed by atoms with E-state index in [1.54, 1.807) is 48.7 Å². The molecule has 0 saturated heterocycles. The van der Waals surface area contributed by atoms with Crippen LogP contribution in [0.4, 0.5) is 11.4 Å². The fourth-order valence-electron chi connectivity index (χ4n) is 4.13. The molecular weight excluding hydrogens is 532 g/mol. The van der Waals surface area contributed by atoms with Gasteiger partial charge in [-0.3, -0.25) is 14.4 Å². The second kappa shape index (κ2) is 12.8. The number of amides is 3. The number of aryl methyl sites for hydroxylation is 1. The maximum absolute atomic E-state index is 13.4. The highest BCUT2D eigenvalue weighted by Crippen LogP contribution is 2.23. The van der Waals surface area contributed by atoms with Gasteiger partial charge < -0.3 is 20.9 Å². The van der Waals surface area contributed by atoms with Crippen LogP contribution >= 0.6 is 11.8 Å². The molecule has 204 valence electrons. The van der Waals surface area contributed by atoms with Crippen LogP contribution in [0, 0.1) is 6.92 Å². The summed E-state index contributed by atoms with van der Waals surface area (Å²) in [7, 11) is 0. The molecular formula is C33H28N4O3S. The molecule has 3 amide bonds. The van der Waals surface area contributed by atoms with Crippen molar-refractivity contribution < 1.29 is 14.4 Å². The maximum Gasteiger partial charge on any atom is 0.272 e. The molecule has 0 aliphatic carbocycles. The van der Waals surface area contributed by atoms with Crippen molar-refractivity contribution >= 4 is 57.8 Å². The molecule has 4 aromatic carbocycles. The van der Waals surface area contributed by atoms with Crippen LogP contribution in [-0.4, -0.2) is 28.5 Å². The number of rotatable bonds is 9. The molecule has 0 radical (unpaired) electrons. The zero-order valence-corrected chi connectivity index (χ0v) is 23.1. The third-order valence-electron chi connectivity index (χ3n) is 6.27. The van der Waals surface area contributed by atoms with Crippen LogP contribution in [0.2, 0.25) is 0 Å². The molecule has 8 heteroatoms. The molecule has 0 unspecified atom stereocenters. The van der Waals surface area contributed by atoms with Gasteiger partial charge in [0.2, 0.25) is 5.91 Å². The van der Waals surface area contributed by atoms with Crippen molar-refractivity contribution in [3.63, 3.8) is 0 Å². The van der Waals surface area contributed by atoms with E-state index in [9.17, 15) is 14.4 Å². The second-order valence-electron chi connectivity index (χ2n) is 9.35. The first-order chi connectivity index (χ1) is 19.9. The molecule has 0 saturated carbocycles. The van der Waals surface area contributed by atoms with E-state index in [2.05, 4.69) is 20.9 Å². The lowest BCUT2D eigenvalue weighted by molar-refractivity contribution is -0.114. The minimum Gasteiger partial charge on any atom is -0.361 e. The van der Waals surface area contributed by atoms with Crippen molar-refractivity contribution in [1.82, 2.24) is 10.3 Å². The Morgan fingerprint density at radius 2 is 1.44 bits per heavy atom. The molecule has 0 aliphatic rings. The quantitative estimate of drug-likeness (QED) is 0.120. The summed E-state index contributed by atoms with van der Waals surface area (Å²) in [6, 6.07) is 31.3. The first-order valence-electron chi connectivity index (χ1n) is 13.0. The Kier molecular flexibility index (Phi) is 8.61. The van der Waals surface area contributed by atoms with Gasteiger partial charge in [-0.1, -0.05) is 54.1 Å². The van der Waals surface area contributed by atoms with E-state index >= 15 is 0 Å². The number of benzene rings is 4. The zero-order chi connectivity index (χ0) is 28.6. The van der Waals surface area contributed by atoms with Gasteiger partial charge in [-0.15, -0.1) is 11.8 Å². The normalized spacial score (nSPS) is 11.2. The Morgan fingerprint density at radius 1 is 0.780 bits per heavy atom. The lowest BCUT2D eigenvalue weighted by Crippen LogP contribution is -2.30. The van der Waals surface area contributed by atoms with Gasteiger partial charge >= 0.3 is 0 Å². The molecule has 5 aromatic rings. The number of anilines is 2. The number of carbonyl (C=O) groups is 3. The first-order valence-corrected chi connectivity index (χ1v) is 14.0. The predicted molar refractivity (Wildman–Crippen MR) is 166 cm³/mol. The highest BCUT2D eigenvalue weighted by molar-refractivity contribution is 8.00. The van der Waals surface area contributed by atoms with Crippen LogP contribution in [0.15, 0.2) is 120 Å².